The molecule has 4 rings (SSSR count). The van der Waals surface area contributed by atoms with Crippen LogP contribution in [0, 0.1) is 5.41 Å². The van der Waals surface area contributed by atoms with Crippen LogP contribution in [0.3, 0.4) is 0 Å². The molecular formula is C26H28N2O5. The van der Waals surface area contributed by atoms with Crippen LogP contribution in [0.4, 0.5) is 11.4 Å². The molecule has 1 aliphatic heterocycles. The number of amides is 1. The normalized spacial score (nSPS) is 19.2. The van der Waals surface area contributed by atoms with E-state index >= 15 is 0 Å². The number of para-hydroxylation sites is 2. The summed E-state index contributed by atoms with van der Waals surface area (Å²) in [4.78, 5) is 39.8. The summed E-state index contributed by atoms with van der Waals surface area (Å²) in [6, 6.07) is 14.0. The molecular weight excluding hydrogens is 420 g/mol. The second-order valence-corrected chi connectivity index (χ2v) is 9.31. The lowest BCUT2D eigenvalue weighted by Gasteiger charge is -2.37. The van der Waals surface area contributed by atoms with Crippen molar-refractivity contribution in [2.24, 2.45) is 5.41 Å². The molecule has 2 aliphatic rings. The fraction of sp³-hybridized carbons (Fsp3) is 0.346. The van der Waals surface area contributed by atoms with Crippen molar-refractivity contribution in [1.29, 1.82) is 0 Å². The van der Waals surface area contributed by atoms with Crippen LogP contribution in [0.5, 0.6) is 5.75 Å². The summed E-state index contributed by atoms with van der Waals surface area (Å²) in [7, 11) is 1.58. The summed E-state index contributed by atoms with van der Waals surface area (Å²) in [5, 5.41) is 12.6. The van der Waals surface area contributed by atoms with Gasteiger partial charge < -0.3 is 15.2 Å². The van der Waals surface area contributed by atoms with Crippen molar-refractivity contribution in [1.82, 2.24) is 0 Å². The van der Waals surface area contributed by atoms with Crippen LogP contribution < -0.4 is 15.0 Å². The number of hydrogen-bond acceptors (Lipinski definition) is 5. The summed E-state index contributed by atoms with van der Waals surface area (Å²) in [5.74, 6) is -0.738. The highest BCUT2D eigenvalue weighted by Gasteiger charge is 2.43. The number of nitrogens with one attached hydrogen (secondary N) is 1. The number of carbonyl (C=O) groups is 3. The number of methoxy groups -OCH3 is 1. The van der Waals surface area contributed by atoms with E-state index in [9.17, 15) is 19.5 Å². The minimum atomic E-state index is -1.04. The lowest BCUT2D eigenvalue weighted by atomic mass is 9.73. The number of rotatable bonds is 5. The number of carboxylic acids is 1. The van der Waals surface area contributed by atoms with Crippen molar-refractivity contribution in [3.63, 3.8) is 0 Å². The van der Waals surface area contributed by atoms with Gasteiger partial charge in [0.05, 0.1) is 30.9 Å². The number of ether oxygens (including phenoxy) is 1. The number of fused-ring (bicyclic) bond motifs is 1. The molecule has 1 heterocycles. The van der Waals surface area contributed by atoms with Crippen LogP contribution >= 0.6 is 0 Å². The first kappa shape index (κ1) is 22.6. The highest BCUT2D eigenvalue weighted by molar-refractivity contribution is 6.06. The van der Waals surface area contributed by atoms with Crippen molar-refractivity contribution < 1.29 is 24.2 Å². The number of carbonyl (C=O) groups excluding carboxylic acids is 2. The maximum Gasteiger partial charge on any atom is 0.303 e. The molecule has 2 aromatic rings. The monoisotopic (exact) mass is 448 g/mol. The molecule has 33 heavy (non-hydrogen) atoms. The quantitative estimate of drug-likeness (QED) is 0.688. The molecule has 1 aliphatic carbocycles. The third kappa shape index (κ3) is 4.49. The third-order valence-electron chi connectivity index (χ3n) is 6.15. The van der Waals surface area contributed by atoms with Crippen molar-refractivity contribution in [2.45, 2.75) is 45.6 Å². The first-order valence-electron chi connectivity index (χ1n) is 11.0. The fourth-order valence-corrected chi connectivity index (χ4v) is 4.70. The van der Waals surface area contributed by atoms with Gasteiger partial charge in [-0.05, 0) is 41.7 Å². The number of allylic oxidation sites excluding steroid dienone is 1. The SMILES string of the molecule is COc1ccc([C@H]2C3=C(CC(C)(C)CC3=O)Nc3ccccc3N2C(=O)CCC(=O)O)cc1. The van der Waals surface area contributed by atoms with Gasteiger partial charge in [0.1, 0.15) is 5.75 Å². The first-order valence-corrected chi connectivity index (χ1v) is 11.0. The zero-order valence-electron chi connectivity index (χ0n) is 19.1. The van der Waals surface area contributed by atoms with Gasteiger partial charge in [-0.1, -0.05) is 38.1 Å². The van der Waals surface area contributed by atoms with E-state index in [1.807, 2.05) is 36.4 Å². The number of nitrogens with zero attached hydrogens (tertiary/aromatic N) is 1. The minimum absolute atomic E-state index is 0.0154. The van der Waals surface area contributed by atoms with Gasteiger partial charge >= 0.3 is 5.97 Å². The number of carboxylic acid groups (broad SMARTS) is 1. The Bertz CT molecular complexity index is 1130. The van der Waals surface area contributed by atoms with Gasteiger partial charge in [0.25, 0.3) is 0 Å². The van der Waals surface area contributed by atoms with Crippen molar-refractivity contribution >= 4 is 29.0 Å². The van der Waals surface area contributed by atoms with E-state index in [2.05, 4.69) is 19.2 Å². The maximum atomic E-state index is 13.5. The van der Waals surface area contributed by atoms with Gasteiger partial charge in [-0.2, -0.15) is 0 Å². The molecule has 2 aromatic carbocycles. The molecule has 7 heteroatoms. The fourth-order valence-electron chi connectivity index (χ4n) is 4.70. The molecule has 0 aromatic heterocycles. The second kappa shape index (κ2) is 8.73. The first-order chi connectivity index (χ1) is 15.7. The van der Waals surface area contributed by atoms with Gasteiger partial charge in [-0.15, -0.1) is 0 Å². The zero-order valence-corrected chi connectivity index (χ0v) is 19.1. The predicted molar refractivity (Wildman–Crippen MR) is 125 cm³/mol. The highest BCUT2D eigenvalue weighted by Crippen LogP contribution is 2.48. The van der Waals surface area contributed by atoms with Gasteiger partial charge in [-0.25, -0.2) is 0 Å². The molecule has 7 nitrogen and oxygen atoms in total. The Labute approximate surface area is 193 Å². The van der Waals surface area contributed by atoms with Crippen molar-refractivity contribution in [2.75, 3.05) is 17.3 Å². The van der Waals surface area contributed by atoms with E-state index in [-0.39, 0.29) is 29.9 Å². The van der Waals surface area contributed by atoms with Crippen LogP contribution in [-0.4, -0.2) is 29.9 Å². The minimum Gasteiger partial charge on any atom is -0.497 e. The summed E-state index contributed by atoms with van der Waals surface area (Å²) in [6.45, 7) is 4.12. The maximum absolute atomic E-state index is 13.5. The Kier molecular flexibility index (Phi) is 5.97. The number of benzene rings is 2. The van der Waals surface area contributed by atoms with E-state index in [1.165, 1.54) is 0 Å². The number of anilines is 2. The Hall–Kier alpha value is -3.61. The van der Waals surface area contributed by atoms with Gasteiger partial charge in [0.2, 0.25) is 5.91 Å². The van der Waals surface area contributed by atoms with Crippen LogP contribution in [0.15, 0.2) is 59.8 Å². The number of ketones is 1. The predicted octanol–water partition coefficient (Wildman–Crippen LogP) is 4.70. The van der Waals surface area contributed by atoms with E-state index < -0.39 is 12.0 Å². The molecule has 0 spiro atoms. The van der Waals surface area contributed by atoms with Crippen LogP contribution in [0.25, 0.3) is 0 Å². The Balaban J connectivity index is 1.94. The summed E-state index contributed by atoms with van der Waals surface area (Å²) >= 11 is 0. The molecule has 1 atom stereocenters. The molecule has 172 valence electrons. The standard InChI is InChI=1S/C26H28N2O5/c1-26(2)14-19-24(21(29)15-26)25(16-8-10-17(33-3)11-9-16)28(22(30)12-13-23(31)32)20-7-5-4-6-18(20)27-19/h4-11,25,27H,12-15H2,1-3H3,(H,31,32)/t25-/m0/s1. The van der Waals surface area contributed by atoms with E-state index in [4.69, 9.17) is 4.74 Å². The van der Waals surface area contributed by atoms with Crippen LogP contribution in [0.1, 0.15) is 51.1 Å². The van der Waals surface area contributed by atoms with Crippen molar-refractivity contribution in [3.05, 3.63) is 65.4 Å². The topological polar surface area (TPSA) is 95.9 Å². The summed E-state index contributed by atoms with van der Waals surface area (Å²) < 4.78 is 5.29. The molecule has 2 N–H and O–H groups in total. The highest BCUT2D eigenvalue weighted by atomic mass is 16.5. The second-order valence-electron chi connectivity index (χ2n) is 9.31. The number of hydrogen-bond donors (Lipinski definition) is 2. The summed E-state index contributed by atoms with van der Waals surface area (Å²) in [5.41, 5.74) is 3.24. The average molecular weight is 449 g/mol. The number of Topliss-reactive ketones (excluding diaryl/α,β-unsaturated/α-hetero) is 1. The molecule has 0 radical (unpaired) electrons. The molecule has 0 saturated heterocycles. The molecule has 0 saturated carbocycles. The molecule has 0 fully saturated rings. The molecule has 0 unspecified atom stereocenters. The van der Waals surface area contributed by atoms with Crippen molar-refractivity contribution in [3.8, 4) is 5.75 Å². The van der Waals surface area contributed by atoms with Crippen LogP contribution in [0.2, 0.25) is 0 Å². The average Bonchev–Trinajstić information content (AvgIpc) is 2.91. The summed E-state index contributed by atoms with van der Waals surface area (Å²) in [6.07, 6.45) is 0.575. The molecule has 1 amide bonds. The Morgan fingerprint density at radius 2 is 1.79 bits per heavy atom. The van der Waals surface area contributed by atoms with E-state index in [0.29, 0.717) is 29.9 Å². The van der Waals surface area contributed by atoms with E-state index in [0.717, 1.165) is 16.9 Å². The smallest absolute Gasteiger partial charge is 0.303 e. The Morgan fingerprint density at radius 1 is 1.09 bits per heavy atom. The van der Waals surface area contributed by atoms with Gasteiger partial charge in [0, 0.05) is 24.1 Å². The molecule has 0 bridgehead atoms. The zero-order chi connectivity index (χ0) is 23.8. The van der Waals surface area contributed by atoms with E-state index in [1.54, 1.807) is 24.1 Å². The number of aliphatic carboxylic acids is 1. The van der Waals surface area contributed by atoms with Crippen LogP contribution in [-0.2, 0) is 14.4 Å². The lowest BCUT2D eigenvalue weighted by Crippen LogP contribution is -2.39. The third-order valence-corrected chi connectivity index (χ3v) is 6.15. The van der Waals surface area contributed by atoms with Gasteiger partial charge in [0.15, 0.2) is 5.78 Å². The lowest BCUT2D eigenvalue weighted by molar-refractivity contribution is -0.138. The largest absolute Gasteiger partial charge is 0.497 e. The Morgan fingerprint density at radius 3 is 2.45 bits per heavy atom. The van der Waals surface area contributed by atoms with Gasteiger partial charge in [-0.3, -0.25) is 19.3 Å².